The third-order valence-corrected chi connectivity index (χ3v) is 4.73. The molecule has 2 aliphatic rings. The molecule has 4 N–H and O–H groups in total. The monoisotopic (exact) mass is 443 g/mol. The molecule has 8 atom stereocenters. The second kappa shape index (κ2) is 9.59. The van der Waals surface area contributed by atoms with Gasteiger partial charge in [0.1, 0.15) is 30.5 Å². The Morgan fingerprint density at radius 1 is 1.24 bits per heavy atom. The van der Waals surface area contributed by atoms with Gasteiger partial charge in [-0.05, 0) is 0 Å². The summed E-state index contributed by atoms with van der Waals surface area (Å²) in [4.78, 5) is 22.7. The zero-order valence-corrected chi connectivity index (χ0v) is 15.9. The van der Waals surface area contributed by atoms with Gasteiger partial charge in [-0.15, -0.1) is 0 Å². The summed E-state index contributed by atoms with van der Waals surface area (Å²) in [5.41, 5.74) is 0. The van der Waals surface area contributed by atoms with Gasteiger partial charge in [0.25, 0.3) is 0 Å². The fourth-order valence-corrected chi connectivity index (χ4v) is 3.33. The number of carboxylic acid groups (broad SMARTS) is 1. The van der Waals surface area contributed by atoms with E-state index in [1.54, 1.807) is 0 Å². The molecule has 2 saturated heterocycles. The first-order valence-corrected chi connectivity index (χ1v) is 9.77. The average molecular weight is 443 g/mol. The Labute approximate surface area is 165 Å². The van der Waals surface area contributed by atoms with Gasteiger partial charge in [-0.3, -0.25) is 8.98 Å². The number of amides is 1. The van der Waals surface area contributed by atoms with E-state index < -0.39 is 84.4 Å². The number of aliphatic carboxylic acids is 1. The SMILES string of the molecule is CC(=O)N[C@H]1C(O)CC(COS(=O)(=O)[O-])O[C@H]1O[C@H]1C(C(=O)[O-])OCC(O)[C@H]1O. The van der Waals surface area contributed by atoms with Crippen molar-refractivity contribution < 1.29 is 61.4 Å². The maximum Gasteiger partial charge on any atom is 0.217 e. The van der Waals surface area contributed by atoms with Crippen molar-refractivity contribution in [1.82, 2.24) is 5.32 Å². The molecular formula is C14H21NO13S-2. The van der Waals surface area contributed by atoms with Crippen molar-refractivity contribution in [3.05, 3.63) is 0 Å². The number of aliphatic hydroxyl groups excluding tert-OH is 3. The van der Waals surface area contributed by atoms with Crippen LogP contribution in [0.1, 0.15) is 13.3 Å². The minimum Gasteiger partial charge on any atom is -0.726 e. The Balaban J connectivity index is 2.21. The molecule has 0 spiro atoms. The van der Waals surface area contributed by atoms with E-state index in [0.717, 1.165) is 6.92 Å². The van der Waals surface area contributed by atoms with Crippen molar-refractivity contribution >= 4 is 22.3 Å². The van der Waals surface area contributed by atoms with Crippen molar-refractivity contribution in [2.24, 2.45) is 0 Å². The number of carbonyl (C=O) groups is 2. The van der Waals surface area contributed by atoms with Crippen LogP contribution in [0, 0.1) is 0 Å². The molecule has 0 aliphatic carbocycles. The molecule has 2 rings (SSSR count). The first-order valence-electron chi connectivity index (χ1n) is 8.44. The van der Waals surface area contributed by atoms with Gasteiger partial charge in [0, 0.05) is 13.3 Å². The van der Waals surface area contributed by atoms with Gasteiger partial charge >= 0.3 is 0 Å². The zero-order chi connectivity index (χ0) is 21.9. The van der Waals surface area contributed by atoms with Crippen molar-refractivity contribution in [3.63, 3.8) is 0 Å². The Morgan fingerprint density at radius 3 is 2.45 bits per heavy atom. The van der Waals surface area contributed by atoms with Crippen LogP contribution >= 0.6 is 0 Å². The molecule has 2 fully saturated rings. The number of carboxylic acids is 1. The minimum absolute atomic E-state index is 0.267. The zero-order valence-electron chi connectivity index (χ0n) is 15.1. The topological polar surface area (TPSA) is 224 Å². The molecule has 15 heteroatoms. The van der Waals surface area contributed by atoms with Crippen LogP contribution in [0.2, 0.25) is 0 Å². The lowest BCUT2D eigenvalue weighted by molar-refractivity contribution is -0.340. The molecular weight excluding hydrogens is 422 g/mol. The second-order valence-corrected chi connectivity index (χ2v) is 7.63. The predicted octanol–water partition coefficient (Wildman–Crippen LogP) is -5.30. The van der Waals surface area contributed by atoms with Crippen molar-refractivity contribution in [1.29, 1.82) is 0 Å². The fraction of sp³-hybridized carbons (Fsp3) is 0.857. The van der Waals surface area contributed by atoms with Crippen LogP contribution < -0.4 is 10.4 Å². The molecule has 2 heterocycles. The summed E-state index contributed by atoms with van der Waals surface area (Å²) in [5.74, 6) is -2.37. The molecule has 0 aromatic carbocycles. The molecule has 0 aromatic rings. The minimum atomic E-state index is -5.06. The van der Waals surface area contributed by atoms with E-state index in [4.69, 9.17) is 14.2 Å². The highest BCUT2D eigenvalue weighted by atomic mass is 32.3. The van der Waals surface area contributed by atoms with Gasteiger partial charge in [-0.1, -0.05) is 0 Å². The first kappa shape index (κ1) is 23.8. The van der Waals surface area contributed by atoms with Crippen molar-refractivity contribution in [3.8, 4) is 0 Å². The van der Waals surface area contributed by atoms with E-state index in [1.807, 2.05) is 0 Å². The van der Waals surface area contributed by atoms with Gasteiger partial charge in [-0.25, -0.2) is 8.42 Å². The molecule has 0 radical (unpaired) electrons. The lowest BCUT2D eigenvalue weighted by Crippen LogP contribution is -2.64. The average Bonchev–Trinajstić information content (AvgIpc) is 2.59. The fourth-order valence-electron chi connectivity index (χ4n) is 3.01. The van der Waals surface area contributed by atoms with Crippen LogP contribution in [0.15, 0.2) is 0 Å². The maximum absolute atomic E-state index is 11.4. The van der Waals surface area contributed by atoms with Gasteiger partial charge in [-0.2, -0.15) is 0 Å². The molecule has 0 saturated carbocycles. The smallest absolute Gasteiger partial charge is 0.217 e. The molecule has 168 valence electrons. The lowest BCUT2D eigenvalue weighted by Gasteiger charge is -2.44. The lowest BCUT2D eigenvalue weighted by atomic mass is 9.97. The summed E-state index contributed by atoms with van der Waals surface area (Å²) in [6, 6.07) is -1.26. The van der Waals surface area contributed by atoms with E-state index in [-0.39, 0.29) is 6.42 Å². The predicted molar refractivity (Wildman–Crippen MR) is 84.2 cm³/mol. The molecule has 29 heavy (non-hydrogen) atoms. The van der Waals surface area contributed by atoms with Crippen molar-refractivity contribution in [2.45, 2.75) is 62.3 Å². The highest BCUT2D eigenvalue weighted by molar-refractivity contribution is 7.80. The number of nitrogens with one attached hydrogen (secondary N) is 1. The van der Waals surface area contributed by atoms with E-state index in [1.165, 1.54) is 0 Å². The quantitative estimate of drug-likeness (QED) is 0.213. The van der Waals surface area contributed by atoms with Crippen LogP contribution in [-0.4, -0.2) is 102 Å². The van der Waals surface area contributed by atoms with Crippen LogP contribution in [0.3, 0.4) is 0 Å². The van der Waals surface area contributed by atoms with Crippen LogP contribution in [0.25, 0.3) is 0 Å². The number of aliphatic hydroxyl groups is 3. The van der Waals surface area contributed by atoms with Crippen LogP contribution in [0.5, 0.6) is 0 Å². The number of hydrogen-bond donors (Lipinski definition) is 4. The van der Waals surface area contributed by atoms with E-state index in [0.29, 0.717) is 0 Å². The largest absolute Gasteiger partial charge is 0.726 e. The van der Waals surface area contributed by atoms with Gasteiger partial charge < -0.3 is 49.3 Å². The normalized spacial score (nSPS) is 38.4. The third-order valence-electron chi connectivity index (χ3n) is 4.31. The summed E-state index contributed by atoms with van der Waals surface area (Å²) >= 11 is 0. The number of carbonyl (C=O) groups excluding carboxylic acids is 2. The van der Waals surface area contributed by atoms with Crippen molar-refractivity contribution in [2.75, 3.05) is 13.2 Å². The maximum atomic E-state index is 11.4. The Bertz CT molecular complexity index is 700. The summed E-state index contributed by atoms with van der Waals surface area (Å²) in [6.07, 6.45) is -11.3. The highest BCUT2D eigenvalue weighted by Crippen LogP contribution is 2.27. The van der Waals surface area contributed by atoms with E-state index in [2.05, 4.69) is 9.50 Å². The number of rotatable bonds is 7. The van der Waals surface area contributed by atoms with Crippen LogP contribution in [-0.2, 0) is 38.4 Å². The summed E-state index contributed by atoms with van der Waals surface area (Å²) in [6.45, 7) is -0.179. The molecule has 0 aromatic heterocycles. The standard InChI is InChI=1S/C14H23NO13S/c1-5(16)15-9-7(17)2-6(3-26-29(22,23)24)27-14(9)28-11-10(19)8(18)4-25-12(11)13(20)21/h6-12,14,17-19H,2-4H2,1H3,(H,15,16)(H,20,21)(H,22,23,24)/p-2/t6?,7?,8?,9-,10+,11+,12?,14-/m0/s1. The molecule has 2 aliphatic heterocycles. The third kappa shape index (κ3) is 6.53. The Morgan fingerprint density at radius 2 is 1.90 bits per heavy atom. The summed E-state index contributed by atoms with van der Waals surface area (Å²) < 4.78 is 51.7. The first-order chi connectivity index (χ1) is 13.4. The Hall–Kier alpha value is -1.43. The van der Waals surface area contributed by atoms with Gasteiger partial charge in [0.2, 0.25) is 16.3 Å². The summed E-state index contributed by atoms with van der Waals surface area (Å²) in [5, 5.41) is 43.7. The van der Waals surface area contributed by atoms with E-state index in [9.17, 15) is 43.0 Å². The Kier molecular flexibility index (Phi) is 7.88. The second-order valence-electron chi connectivity index (χ2n) is 6.58. The van der Waals surface area contributed by atoms with Crippen LogP contribution in [0.4, 0.5) is 0 Å². The van der Waals surface area contributed by atoms with E-state index >= 15 is 0 Å². The molecule has 0 bridgehead atoms. The van der Waals surface area contributed by atoms with Gasteiger partial charge in [0.05, 0.1) is 31.4 Å². The van der Waals surface area contributed by atoms with Gasteiger partial charge in [0.15, 0.2) is 6.29 Å². The highest BCUT2D eigenvalue weighted by Gasteiger charge is 2.46. The molecule has 1 amide bonds. The molecule has 4 unspecified atom stereocenters. The summed E-state index contributed by atoms with van der Waals surface area (Å²) in [7, 11) is -5.06. The number of hydrogen-bond acceptors (Lipinski definition) is 13. The molecule has 14 nitrogen and oxygen atoms in total. The number of ether oxygens (including phenoxy) is 3.